The minimum absolute atomic E-state index is 0.0958. The van der Waals surface area contributed by atoms with Crippen LogP contribution in [0.2, 0.25) is 5.02 Å². The Morgan fingerprint density at radius 2 is 1.59 bits per heavy atom. The van der Waals surface area contributed by atoms with Crippen LogP contribution in [0.3, 0.4) is 0 Å². The Balaban J connectivity index is 1.89. The predicted octanol–water partition coefficient (Wildman–Crippen LogP) is 2.84. The molecule has 1 amide bonds. The van der Waals surface area contributed by atoms with Crippen molar-refractivity contribution in [2.45, 2.75) is 25.3 Å². The van der Waals surface area contributed by atoms with Gasteiger partial charge in [0.1, 0.15) is 0 Å². The van der Waals surface area contributed by atoms with Crippen molar-refractivity contribution in [2.24, 2.45) is 0 Å². The fraction of sp³-hybridized carbons (Fsp3) is 0.300. The van der Waals surface area contributed by atoms with Crippen LogP contribution in [0.15, 0.2) is 53.4 Å². The summed E-state index contributed by atoms with van der Waals surface area (Å²) in [5, 5.41) is 3.24. The predicted molar refractivity (Wildman–Crippen MR) is 110 cm³/mol. The van der Waals surface area contributed by atoms with Crippen LogP contribution in [0, 0.1) is 0 Å². The minimum atomic E-state index is -3.60. The lowest BCUT2D eigenvalue weighted by molar-refractivity contribution is -0.124. The summed E-state index contributed by atoms with van der Waals surface area (Å²) in [4.78, 5) is 24.0. The molecular weight excluding hydrogens is 416 g/mol. The molecule has 0 aliphatic heterocycles. The highest BCUT2D eigenvalue weighted by Gasteiger charge is 2.22. The van der Waals surface area contributed by atoms with E-state index in [4.69, 9.17) is 16.3 Å². The number of hydrogen-bond acceptors (Lipinski definition) is 5. The Labute approximate surface area is 175 Å². The van der Waals surface area contributed by atoms with Gasteiger partial charge in [-0.25, -0.2) is 13.2 Å². The number of amides is 1. The molecular formula is C20H23ClN2O5S. The quantitative estimate of drug-likeness (QED) is 0.607. The Morgan fingerprint density at radius 3 is 2.14 bits per heavy atom. The van der Waals surface area contributed by atoms with Crippen LogP contribution in [0.1, 0.15) is 29.8 Å². The van der Waals surface area contributed by atoms with E-state index in [1.54, 1.807) is 38.1 Å². The van der Waals surface area contributed by atoms with Crippen LogP contribution in [0.25, 0.3) is 0 Å². The number of halogens is 1. The van der Waals surface area contributed by atoms with Crippen molar-refractivity contribution in [3.63, 3.8) is 0 Å². The zero-order valence-corrected chi connectivity index (χ0v) is 17.8. The fourth-order valence-corrected chi connectivity index (χ4v) is 4.13. The van der Waals surface area contributed by atoms with E-state index < -0.39 is 28.5 Å². The molecule has 0 aliphatic carbocycles. The molecule has 1 N–H and O–H groups in total. The average molecular weight is 439 g/mol. The van der Waals surface area contributed by atoms with Crippen LogP contribution >= 0.6 is 11.6 Å². The molecule has 0 unspecified atom stereocenters. The van der Waals surface area contributed by atoms with Crippen LogP contribution in [-0.2, 0) is 26.1 Å². The third-order valence-electron chi connectivity index (χ3n) is 4.17. The molecule has 0 heterocycles. The third-order valence-corrected chi connectivity index (χ3v) is 6.49. The van der Waals surface area contributed by atoms with Gasteiger partial charge in [-0.05, 0) is 42.0 Å². The van der Waals surface area contributed by atoms with Gasteiger partial charge in [0.2, 0.25) is 10.0 Å². The Bertz CT molecular complexity index is 940. The van der Waals surface area contributed by atoms with E-state index >= 15 is 0 Å². The van der Waals surface area contributed by atoms with Gasteiger partial charge in [0.15, 0.2) is 6.61 Å². The number of carbonyl (C=O) groups excluding carboxylic acids is 2. The van der Waals surface area contributed by atoms with E-state index in [-0.39, 0.29) is 17.0 Å². The first-order valence-corrected chi connectivity index (χ1v) is 10.9. The molecule has 2 rings (SSSR count). The SMILES string of the molecule is CCN(CC)S(=O)(=O)c1ccc(C(=O)OCC(=O)NCc2ccc(Cl)cc2)cc1. The number of ether oxygens (including phenoxy) is 1. The smallest absolute Gasteiger partial charge is 0.338 e. The monoisotopic (exact) mass is 438 g/mol. The number of hydrogen-bond donors (Lipinski definition) is 1. The lowest BCUT2D eigenvalue weighted by Crippen LogP contribution is -2.30. The Hall–Kier alpha value is -2.42. The maximum atomic E-state index is 12.4. The molecule has 7 nitrogen and oxygen atoms in total. The number of rotatable bonds is 9. The van der Waals surface area contributed by atoms with E-state index in [0.29, 0.717) is 18.1 Å². The summed E-state index contributed by atoms with van der Waals surface area (Å²) in [5.41, 5.74) is 1.02. The summed E-state index contributed by atoms with van der Waals surface area (Å²) in [5.74, 6) is -1.16. The highest BCUT2D eigenvalue weighted by Crippen LogP contribution is 2.16. The summed E-state index contributed by atoms with van der Waals surface area (Å²) in [7, 11) is -3.60. The number of carbonyl (C=O) groups is 2. The van der Waals surface area contributed by atoms with Crippen molar-refractivity contribution < 1.29 is 22.7 Å². The molecule has 156 valence electrons. The lowest BCUT2D eigenvalue weighted by atomic mass is 10.2. The van der Waals surface area contributed by atoms with Gasteiger partial charge in [-0.3, -0.25) is 4.79 Å². The molecule has 0 spiro atoms. The molecule has 0 fully saturated rings. The topological polar surface area (TPSA) is 92.8 Å². The molecule has 2 aromatic rings. The number of sulfonamides is 1. The van der Waals surface area contributed by atoms with Gasteiger partial charge in [0, 0.05) is 24.7 Å². The molecule has 0 radical (unpaired) electrons. The zero-order valence-electron chi connectivity index (χ0n) is 16.2. The second-order valence-electron chi connectivity index (χ2n) is 6.09. The van der Waals surface area contributed by atoms with Gasteiger partial charge in [-0.2, -0.15) is 4.31 Å². The number of nitrogens with zero attached hydrogens (tertiary/aromatic N) is 1. The van der Waals surface area contributed by atoms with E-state index in [1.807, 2.05) is 0 Å². The zero-order chi connectivity index (χ0) is 21.4. The van der Waals surface area contributed by atoms with Crippen molar-refractivity contribution in [2.75, 3.05) is 19.7 Å². The van der Waals surface area contributed by atoms with Gasteiger partial charge in [-0.15, -0.1) is 0 Å². The Morgan fingerprint density at radius 1 is 1.00 bits per heavy atom. The van der Waals surface area contributed by atoms with E-state index in [2.05, 4.69) is 5.32 Å². The van der Waals surface area contributed by atoms with Crippen molar-refractivity contribution in [1.82, 2.24) is 9.62 Å². The lowest BCUT2D eigenvalue weighted by Gasteiger charge is -2.18. The number of esters is 1. The van der Waals surface area contributed by atoms with E-state index in [0.717, 1.165) is 5.56 Å². The highest BCUT2D eigenvalue weighted by molar-refractivity contribution is 7.89. The number of nitrogens with one attached hydrogen (secondary N) is 1. The van der Waals surface area contributed by atoms with Crippen molar-refractivity contribution in [3.8, 4) is 0 Å². The largest absolute Gasteiger partial charge is 0.452 e. The molecule has 0 aliphatic rings. The van der Waals surface area contributed by atoms with Gasteiger partial charge < -0.3 is 10.1 Å². The molecule has 0 saturated heterocycles. The second-order valence-corrected chi connectivity index (χ2v) is 8.47. The first-order chi connectivity index (χ1) is 13.8. The summed E-state index contributed by atoms with van der Waals surface area (Å²) >= 11 is 5.80. The standard InChI is InChI=1S/C20H23ClN2O5S/c1-3-23(4-2)29(26,27)18-11-7-16(8-12-18)20(25)28-14-19(24)22-13-15-5-9-17(21)10-6-15/h5-12H,3-4,13-14H2,1-2H3,(H,22,24). The van der Waals surface area contributed by atoms with Crippen molar-refractivity contribution >= 4 is 33.5 Å². The molecule has 0 aromatic heterocycles. The fourth-order valence-electron chi connectivity index (χ4n) is 2.54. The van der Waals surface area contributed by atoms with Crippen LogP contribution < -0.4 is 5.32 Å². The molecule has 0 bridgehead atoms. The first-order valence-electron chi connectivity index (χ1n) is 9.06. The van der Waals surface area contributed by atoms with Gasteiger partial charge in [-0.1, -0.05) is 37.6 Å². The summed E-state index contributed by atoms with van der Waals surface area (Å²) in [6, 6.07) is 12.4. The van der Waals surface area contributed by atoms with Gasteiger partial charge in [0.05, 0.1) is 10.5 Å². The van der Waals surface area contributed by atoms with Crippen molar-refractivity contribution in [1.29, 1.82) is 0 Å². The Kier molecular flexibility index (Phi) is 8.19. The maximum absolute atomic E-state index is 12.4. The minimum Gasteiger partial charge on any atom is -0.452 e. The van der Waals surface area contributed by atoms with Gasteiger partial charge in [0.25, 0.3) is 5.91 Å². The third kappa shape index (κ3) is 6.28. The first kappa shape index (κ1) is 22.9. The normalized spacial score (nSPS) is 11.3. The molecule has 0 atom stereocenters. The van der Waals surface area contributed by atoms with Crippen LogP contribution in [0.4, 0.5) is 0 Å². The molecule has 2 aromatic carbocycles. The van der Waals surface area contributed by atoms with Crippen LogP contribution in [0.5, 0.6) is 0 Å². The second kappa shape index (κ2) is 10.4. The molecule has 9 heteroatoms. The maximum Gasteiger partial charge on any atom is 0.338 e. The molecule has 29 heavy (non-hydrogen) atoms. The summed E-state index contributed by atoms with van der Waals surface area (Å²) < 4.78 is 31.2. The number of benzene rings is 2. The molecule has 0 saturated carbocycles. The van der Waals surface area contributed by atoms with E-state index in [1.165, 1.54) is 28.6 Å². The highest BCUT2D eigenvalue weighted by atomic mass is 35.5. The van der Waals surface area contributed by atoms with Crippen molar-refractivity contribution in [3.05, 3.63) is 64.7 Å². The van der Waals surface area contributed by atoms with Crippen LogP contribution in [-0.4, -0.2) is 44.3 Å². The summed E-state index contributed by atoms with van der Waals surface area (Å²) in [6.07, 6.45) is 0. The average Bonchev–Trinajstić information content (AvgIpc) is 2.72. The summed E-state index contributed by atoms with van der Waals surface area (Å²) in [6.45, 7) is 4.06. The van der Waals surface area contributed by atoms with E-state index in [9.17, 15) is 18.0 Å². The van der Waals surface area contributed by atoms with Gasteiger partial charge >= 0.3 is 5.97 Å².